The topological polar surface area (TPSA) is 59.0 Å². The van der Waals surface area contributed by atoms with Gasteiger partial charge in [0.05, 0.1) is 0 Å². The monoisotopic (exact) mass is 529 g/mol. The summed E-state index contributed by atoms with van der Waals surface area (Å²) < 4.78 is 0. The molecule has 0 aliphatic carbocycles. The van der Waals surface area contributed by atoms with Crippen LogP contribution in [0.3, 0.4) is 0 Å². The van der Waals surface area contributed by atoms with E-state index in [4.69, 9.17) is 0 Å². The Morgan fingerprint density at radius 3 is 2.43 bits per heavy atom. The van der Waals surface area contributed by atoms with Crippen molar-refractivity contribution in [1.29, 1.82) is 0 Å². The first-order chi connectivity index (χ1) is 14.0. The molecule has 30 heavy (non-hydrogen) atoms. The second-order valence-corrected chi connectivity index (χ2v) is 8.92. The molecule has 2 aliphatic rings. The summed E-state index contributed by atoms with van der Waals surface area (Å²) in [5.74, 6) is 1.94. The number of halogens is 1. The van der Waals surface area contributed by atoms with Gasteiger partial charge in [-0.15, -0.1) is 24.0 Å². The third-order valence-electron chi connectivity index (χ3n) is 6.24. The predicted octanol–water partition coefficient (Wildman–Crippen LogP) is 2.38. The van der Waals surface area contributed by atoms with Crippen LogP contribution in [0.15, 0.2) is 23.3 Å². The number of rotatable bonds is 6. The predicted molar refractivity (Wildman–Crippen MR) is 137 cm³/mol. The number of piperazine rings is 1. The van der Waals surface area contributed by atoms with Crippen molar-refractivity contribution in [3.63, 3.8) is 0 Å². The molecule has 0 spiro atoms. The lowest BCUT2D eigenvalue weighted by Crippen LogP contribution is -2.54. The van der Waals surface area contributed by atoms with E-state index in [-0.39, 0.29) is 29.5 Å². The zero-order chi connectivity index (χ0) is 20.7. The van der Waals surface area contributed by atoms with E-state index in [1.165, 1.54) is 37.9 Å². The van der Waals surface area contributed by atoms with Crippen LogP contribution in [0, 0.1) is 0 Å². The van der Waals surface area contributed by atoms with Crippen LogP contribution >= 0.6 is 24.0 Å². The number of anilines is 1. The Balaban J connectivity index is 0.00000320. The van der Waals surface area contributed by atoms with Crippen LogP contribution in [0.1, 0.15) is 38.7 Å². The highest BCUT2D eigenvalue weighted by molar-refractivity contribution is 14.0. The zero-order valence-electron chi connectivity index (χ0n) is 19.2. The lowest BCUT2D eigenvalue weighted by atomic mass is 9.98. The molecule has 3 heterocycles. The van der Waals surface area contributed by atoms with Gasteiger partial charge in [0.2, 0.25) is 0 Å². The van der Waals surface area contributed by atoms with Crippen molar-refractivity contribution in [2.45, 2.75) is 45.2 Å². The van der Waals surface area contributed by atoms with Gasteiger partial charge >= 0.3 is 0 Å². The maximum absolute atomic E-state index is 4.68. The third kappa shape index (κ3) is 6.95. The van der Waals surface area contributed by atoms with Crippen molar-refractivity contribution in [2.75, 3.05) is 64.8 Å². The van der Waals surface area contributed by atoms with Crippen LogP contribution < -0.4 is 15.5 Å². The molecule has 2 aliphatic heterocycles. The number of piperidine rings is 1. The molecule has 7 nitrogen and oxygen atoms in total. The summed E-state index contributed by atoms with van der Waals surface area (Å²) in [6.07, 6.45) is 5.88. The Labute approximate surface area is 199 Å². The molecule has 0 saturated carbocycles. The summed E-state index contributed by atoms with van der Waals surface area (Å²) in [4.78, 5) is 16.5. The minimum absolute atomic E-state index is 0. The summed E-state index contributed by atoms with van der Waals surface area (Å²) in [5.41, 5.74) is 1.34. The van der Waals surface area contributed by atoms with Crippen molar-refractivity contribution in [2.24, 2.45) is 4.99 Å². The van der Waals surface area contributed by atoms with Crippen LogP contribution in [0.25, 0.3) is 0 Å². The molecule has 0 radical (unpaired) electrons. The Hall–Kier alpha value is -1.13. The largest absolute Gasteiger partial charge is 0.355 e. The molecule has 1 aromatic rings. The second-order valence-electron chi connectivity index (χ2n) is 8.92. The van der Waals surface area contributed by atoms with Gasteiger partial charge in [-0.25, -0.2) is 4.98 Å². The van der Waals surface area contributed by atoms with E-state index in [0.29, 0.717) is 0 Å². The fraction of sp³-hybridized carbons (Fsp3) is 0.727. The number of aromatic nitrogens is 1. The molecule has 0 unspecified atom stereocenters. The van der Waals surface area contributed by atoms with Gasteiger partial charge in [0.15, 0.2) is 5.96 Å². The minimum atomic E-state index is 0. The molecule has 1 aromatic heterocycles. The Kier molecular flexibility index (Phi) is 10.1. The normalized spacial score (nSPS) is 19.3. The molecule has 3 rings (SSSR count). The number of hydrogen-bond donors (Lipinski definition) is 2. The summed E-state index contributed by atoms with van der Waals surface area (Å²) in [6.45, 7) is 12.9. The van der Waals surface area contributed by atoms with Gasteiger partial charge in [0, 0.05) is 63.6 Å². The van der Waals surface area contributed by atoms with Gasteiger partial charge in [-0.1, -0.05) is 12.5 Å². The van der Waals surface area contributed by atoms with Gasteiger partial charge in [0.1, 0.15) is 5.82 Å². The van der Waals surface area contributed by atoms with Crippen LogP contribution in [-0.2, 0) is 6.54 Å². The van der Waals surface area contributed by atoms with Crippen molar-refractivity contribution >= 4 is 35.8 Å². The third-order valence-corrected chi connectivity index (χ3v) is 6.24. The number of aliphatic imine (C=N–C) groups is 1. The van der Waals surface area contributed by atoms with E-state index < -0.39 is 0 Å². The first-order valence-corrected chi connectivity index (χ1v) is 11.1. The standard InChI is InChI=1S/C22H39N7.HI/c1-22(2,29-11-6-5-7-12-29)18-26-21(23-3)25-17-19-9-8-10-24-20(19)28-15-13-27(4)14-16-28;/h8-10H,5-7,11-18H2,1-4H3,(H2,23,25,26);1H. The molecule has 0 bridgehead atoms. The average Bonchev–Trinajstić information content (AvgIpc) is 2.75. The van der Waals surface area contributed by atoms with Crippen LogP contribution in [0.4, 0.5) is 5.82 Å². The average molecular weight is 530 g/mol. The number of likely N-dealkylation sites (N-methyl/N-ethyl adjacent to an activating group) is 1. The maximum atomic E-state index is 4.68. The summed E-state index contributed by atoms with van der Waals surface area (Å²) >= 11 is 0. The van der Waals surface area contributed by atoms with E-state index in [9.17, 15) is 0 Å². The molecule has 8 heteroatoms. The van der Waals surface area contributed by atoms with Crippen LogP contribution in [0.5, 0.6) is 0 Å². The molecule has 170 valence electrons. The van der Waals surface area contributed by atoms with E-state index in [2.05, 4.69) is 62.3 Å². The van der Waals surface area contributed by atoms with Crippen molar-refractivity contribution in [1.82, 2.24) is 25.4 Å². The molecule has 0 aromatic carbocycles. The molecular formula is C22H40IN7. The number of nitrogens with one attached hydrogen (secondary N) is 2. The van der Waals surface area contributed by atoms with Crippen LogP contribution in [-0.4, -0.2) is 86.2 Å². The smallest absolute Gasteiger partial charge is 0.191 e. The summed E-state index contributed by atoms with van der Waals surface area (Å²) in [6, 6.07) is 4.19. The molecule has 2 N–H and O–H groups in total. The summed E-state index contributed by atoms with van der Waals surface area (Å²) in [7, 11) is 4.02. The first kappa shape index (κ1) is 25.1. The number of pyridine rings is 1. The number of guanidine groups is 1. The Morgan fingerprint density at radius 2 is 1.77 bits per heavy atom. The number of hydrogen-bond acceptors (Lipinski definition) is 5. The van der Waals surface area contributed by atoms with Gasteiger partial charge in [0.25, 0.3) is 0 Å². The molecule has 2 saturated heterocycles. The highest BCUT2D eigenvalue weighted by Gasteiger charge is 2.28. The van der Waals surface area contributed by atoms with Crippen molar-refractivity contribution in [3.05, 3.63) is 23.9 Å². The molecular weight excluding hydrogens is 489 g/mol. The quantitative estimate of drug-likeness (QED) is 0.336. The lowest BCUT2D eigenvalue weighted by molar-refractivity contribution is 0.0982. The van der Waals surface area contributed by atoms with Gasteiger partial charge in [-0.05, 0) is 52.9 Å². The zero-order valence-corrected chi connectivity index (χ0v) is 21.5. The molecule has 2 fully saturated rings. The van der Waals surface area contributed by atoms with E-state index in [1.807, 2.05) is 19.3 Å². The number of likely N-dealkylation sites (tertiary alicyclic amines) is 1. The lowest BCUT2D eigenvalue weighted by Gasteiger charge is -2.41. The van der Waals surface area contributed by atoms with Crippen LogP contribution in [0.2, 0.25) is 0 Å². The SMILES string of the molecule is CN=C(NCc1cccnc1N1CCN(C)CC1)NCC(C)(C)N1CCCCC1.I. The fourth-order valence-corrected chi connectivity index (χ4v) is 4.18. The number of nitrogens with zero attached hydrogens (tertiary/aromatic N) is 5. The Morgan fingerprint density at radius 1 is 1.07 bits per heavy atom. The minimum Gasteiger partial charge on any atom is -0.355 e. The van der Waals surface area contributed by atoms with E-state index in [1.54, 1.807) is 0 Å². The highest BCUT2D eigenvalue weighted by atomic mass is 127. The summed E-state index contributed by atoms with van der Waals surface area (Å²) in [5, 5.41) is 7.03. The highest BCUT2D eigenvalue weighted by Crippen LogP contribution is 2.20. The van der Waals surface area contributed by atoms with E-state index in [0.717, 1.165) is 51.0 Å². The van der Waals surface area contributed by atoms with Crippen molar-refractivity contribution in [3.8, 4) is 0 Å². The maximum Gasteiger partial charge on any atom is 0.191 e. The first-order valence-electron chi connectivity index (χ1n) is 11.1. The second kappa shape index (κ2) is 12.0. The van der Waals surface area contributed by atoms with E-state index >= 15 is 0 Å². The Bertz CT molecular complexity index is 665. The van der Waals surface area contributed by atoms with Gasteiger partial charge in [-0.3, -0.25) is 9.89 Å². The molecule has 0 atom stereocenters. The fourth-order valence-electron chi connectivity index (χ4n) is 4.18. The van der Waals surface area contributed by atoms with Gasteiger partial charge in [-0.2, -0.15) is 0 Å². The van der Waals surface area contributed by atoms with Crippen molar-refractivity contribution < 1.29 is 0 Å². The molecule has 0 amide bonds. The van der Waals surface area contributed by atoms with Gasteiger partial charge < -0.3 is 20.4 Å².